The first-order chi connectivity index (χ1) is 10.7. The molecule has 0 bridgehead atoms. The molecule has 1 aliphatic rings. The van der Waals surface area contributed by atoms with Gasteiger partial charge in [-0.15, -0.1) is 0 Å². The lowest BCUT2D eigenvalue weighted by molar-refractivity contribution is -0.143. The minimum Gasteiger partial charge on any atom is -0.497 e. The smallest absolute Gasteiger partial charge is 0.328 e. The predicted molar refractivity (Wildman–Crippen MR) is 93.8 cm³/mol. The largest absolute Gasteiger partial charge is 0.497 e. The maximum atomic E-state index is 12.5. The zero-order valence-electron chi connectivity index (χ0n) is 15.1. The Hall–Kier alpha value is -1.97. The highest BCUT2D eigenvalue weighted by atomic mass is 16.5. The normalized spacial score (nSPS) is 17.4. The minimum absolute atomic E-state index is 0.118. The van der Waals surface area contributed by atoms with E-state index in [9.17, 15) is 4.79 Å². The van der Waals surface area contributed by atoms with Crippen molar-refractivity contribution in [2.45, 2.75) is 46.2 Å². The van der Waals surface area contributed by atoms with E-state index in [0.717, 1.165) is 17.0 Å². The van der Waals surface area contributed by atoms with E-state index < -0.39 is 0 Å². The Morgan fingerprint density at radius 2 is 1.87 bits per heavy atom. The molecule has 0 fully saturated rings. The van der Waals surface area contributed by atoms with Crippen molar-refractivity contribution in [1.82, 2.24) is 0 Å². The van der Waals surface area contributed by atoms with Crippen molar-refractivity contribution in [3.63, 3.8) is 0 Å². The van der Waals surface area contributed by atoms with E-state index in [-0.39, 0.29) is 23.5 Å². The van der Waals surface area contributed by atoms with Crippen molar-refractivity contribution in [3.05, 3.63) is 29.8 Å². The Kier molecular flexibility index (Phi) is 4.73. The average molecular weight is 317 g/mol. The number of hydrogen-bond donors (Lipinski definition) is 0. The van der Waals surface area contributed by atoms with Crippen LogP contribution in [-0.4, -0.2) is 31.8 Å². The van der Waals surface area contributed by atoms with Crippen LogP contribution in [0.4, 0.5) is 5.69 Å². The Balaban J connectivity index is 2.68. The van der Waals surface area contributed by atoms with Crippen molar-refractivity contribution in [3.8, 4) is 5.75 Å². The van der Waals surface area contributed by atoms with Crippen molar-refractivity contribution in [2.24, 2.45) is 5.92 Å². The summed E-state index contributed by atoms with van der Waals surface area (Å²) < 4.78 is 10.5. The molecule has 1 aromatic carbocycles. The highest BCUT2D eigenvalue weighted by molar-refractivity contribution is 5.88. The molecule has 0 N–H and O–H groups in total. The van der Waals surface area contributed by atoms with Gasteiger partial charge in [-0.2, -0.15) is 0 Å². The number of methoxy groups -OCH3 is 2. The molecule has 1 aromatic rings. The fraction of sp³-hybridized carbons (Fsp3) is 0.526. The first kappa shape index (κ1) is 17.4. The van der Waals surface area contributed by atoms with Crippen molar-refractivity contribution in [2.75, 3.05) is 19.1 Å². The number of carbonyl (C=O) groups is 1. The molecule has 1 heterocycles. The minimum atomic E-state index is -0.356. The number of esters is 1. The Labute approximate surface area is 139 Å². The van der Waals surface area contributed by atoms with E-state index >= 15 is 0 Å². The van der Waals surface area contributed by atoms with Crippen LogP contribution >= 0.6 is 0 Å². The van der Waals surface area contributed by atoms with Gasteiger partial charge >= 0.3 is 5.97 Å². The van der Waals surface area contributed by atoms with Gasteiger partial charge in [-0.25, -0.2) is 4.79 Å². The molecule has 0 aromatic heterocycles. The van der Waals surface area contributed by atoms with Crippen LogP contribution in [0.3, 0.4) is 0 Å². The van der Waals surface area contributed by atoms with E-state index in [4.69, 9.17) is 9.47 Å². The summed E-state index contributed by atoms with van der Waals surface area (Å²) in [5.41, 5.74) is 3.04. The molecule has 23 heavy (non-hydrogen) atoms. The molecule has 0 radical (unpaired) electrons. The molecule has 0 amide bonds. The monoisotopic (exact) mass is 317 g/mol. The maximum absolute atomic E-state index is 12.5. The molecule has 0 saturated heterocycles. The standard InChI is InChI=1S/C19H27NO3/c1-12(2)17(18(21)23-7)20-16-10-14(22-6)8-9-15(16)13(3)11-19(20,4)5/h8-12,17H,1-7H3. The maximum Gasteiger partial charge on any atom is 0.328 e. The molecule has 1 aliphatic heterocycles. The van der Waals surface area contributed by atoms with Gasteiger partial charge in [-0.3, -0.25) is 0 Å². The van der Waals surface area contributed by atoms with Crippen molar-refractivity contribution in [1.29, 1.82) is 0 Å². The molecule has 0 aliphatic carbocycles. The van der Waals surface area contributed by atoms with Gasteiger partial charge in [0, 0.05) is 17.3 Å². The number of anilines is 1. The number of ether oxygens (including phenoxy) is 2. The molecule has 1 unspecified atom stereocenters. The number of carbonyl (C=O) groups excluding carboxylic acids is 1. The van der Waals surface area contributed by atoms with Gasteiger partial charge in [-0.05, 0) is 44.4 Å². The van der Waals surface area contributed by atoms with Gasteiger partial charge in [0.2, 0.25) is 0 Å². The summed E-state index contributed by atoms with van der Waals surface area (Å²) >= 11 is 0. The van der Waals surface area contributed by atoms with Gasteiger partial charge in [0.15, 0.2) is 0 Å². The molecule has 126 valence electrons. The third kappa shape index (κ3) is 3.07. The molecule has 0 saturated carbocycles. The molecular weight excluding hydrogens is 290 g/mol. The first-order valence-corrected chi connectivity index (χ1v) is 7.98. The van der Waals surface area contributed by atoms with Crippen LogP contribution in [0.25, 0.3) is 5.57 Å². The van der Waals surface area contributed by atoms with Crippen LogP contribution in [0.1, 0.15) is 40.2 Å². The van der Waals surface area contributed by atoms with Crippen LogP contribution in [0.15, 0.2) is 24.3 Å². The van der Waals surface area contributed by atoms with Crippen molar-refractivity contribution < 1.29 is 14.3 Å². The van der Waals surface area contributed by atoms with Gasteiger partial charge in [0.05, 0.1) is 19.8 Å². The molecule has 0 spiro atoms. The lowest BCUT2D eigenvalue weighted by Gasteiger charge is -2.48. The van der Waals surface area contributed by atoms with E-state index in [0.29, 0.717) is 0 Å². The highest BCUT2D eigenvalue weighted by Gasteiger charge is 2.41. The number of rotatable bonds is 4. The third-order valence-electron chi connectivity index (χ3n) is 4.43. The average Bonchev–Trinajstić information content (AvgIpc) is 2.49. The van der Waals surface area contributed by atoms with Crippen LogP contribution in [0.2, 0.25) is 0 Å². The quantitative estimate of drug-likeness (QED) is 0.790. The molecule has 2 rings (SSSR count). The van der Waals surface area contributed by atoms with E-state index in [1.54, 1.807) is 7.11 Å². The van der Waals surface area contributed by atoms with Crippen LogP contribution in [0, 0.1) is 5.92 Å². The SMILES string of the molecule is COC(=O)C(C(C)C)N1c2cc(OC)ccc2C(C)=CC1(C)C. The summed E-state index contributed by atoms with van der Waals surface area (Å²) in [7, 11) is 3.10. The van der Waals surface area contributed by atoms with Gasteiger partial charge in [0.25, 0.3) is 0 Å². The van der Waals surface area contributed by atoms with Crippen molar-refractivity contribution >= 4 is 17.2 Å². The summed E-state index contributed by atoms with van der Waals surface area (Å²) in [6.45, 7) is 10.4. The molecule has 4 heteroatoms. The van der Waals surface area contributed by atoms with Gasteiger partial charge in [0.1, 0.15) is 11.8 Å². The lowest BCUT2D eigenvalue weighted by atomic mass is 9.85. The molecule has 4 nitrogen and oxygen atoms in total. The highest BCUT2D eigenvalue weighted by Crippen LogP contribution is 2.43. The number of allylic oxidation sites excluding steroid dienone is 1. The number of nitrogens with zero attached hydrogens (tertiary/aromatic N) is 1. The fourth-order valence-corrected chi connectivity index (χ4v) is 3.46. The van der Waals surface area contributed by atoms with Crippen LogP contribution in [-0.2, 0) is 9.53 Å². The topological polar surface area (TPSA) is 38.8 Å². The number of fused-ring (bicyclic) bond motifs is 1. The Morgan fingerprint density at radius 3 is 2.39 bits per heavy atom. The second-order valence-corrected chi connectivity index (χ2v) is 6.95. The summed E-state index contributed by atoms with van der Waals surface area (Å²) in [4.78, 5) is 14.6. The summed E-state index contributed by atoms with van der Waals surface area (Å²) in [6, 6.07) is 5.66. The van der Waals surface area contributed by atoms with E-state index in [1.165, 1.54) is 12.7 Å². The first-order valence-electron chi connectivity index (χ1n) is 7.98. The lowest BCUT2D eigenvalue weighted by Crippen LogP contribution is -2.56. The van der Waals surface area contributed by atoms with Crippen LogP contribution < -0.4 is 9.64 Å². The predicted octanol–water partition coefficient (Wildman–Crippen LogP) is 3.89. The zero-order chi connectivity index (χ0) is 17.4. The molecule has 1 atom stereocenters. The number of hydrogen-bond acceptors (Lipinski definition) is 4. The van der Waals surface area contributed by atoms with Gasteiger partial charge < -0.3 is 14.4 Å². The third-order valence-corrected chi connectivity index (χ3v) is 4.43. The number of benzene rings is 1. The fourth-order valence-electron chi connectivity index (χ4n) is 3.46. The second kappa shape index (κ2) is 6.26. The second-order valence-electron chi connectivity index (χ2n) is 6.95. The Morgan fingerprint density at radius 1 is 1.22 bits per heavy atom. The van der Waals surface area contributed by atoms with E-state index in [1.807, 2.05) is 26.0 Å². The summed E-state index contributed by atoms with van der Waals surface area (Å²) in [5, 5.41) is 0. The zero-order valence-corrected chi connectivity index (χ0v) is 15.1. The summed E-state index contributed by atoms with van der Waals surface area (Å²) in [5.74, 6) is 0.689. The van der Waals surface area contributed by atoms with Gasteiger partial charge in [-0.1, -0.05) is 19.9 Å². The van der Waals surface area contributed by atoms with E-state index in [2.05, 4.69) is 37.8 Å². The molecular formula is C19H27NO3. The Bertz CT molecular complexity index is 632. The summed E-state index contributed by atoms with van der Waals surface area (Å²) in [6.07, 6.45) is 2.21. The van der Waals surface area contributed by atoms with Crippen LogP contribution in [0.5, 0.6) is 5.75 Å².